The number of thiazole rings is 1. The van der Waals surface area contributed by atoms with E-state index in [4.69, 9.17) is 0 Å². The minimum Gasteiger partial charge on any atom is -0.360 e. The van der Waals surface area contributed by atoms with E-state index in [1.807, 2.05) is 19.2 Å². The molecule has 1 aromatic carbocycles. The van der Waals surface area contributed by atoms with Crippen LogP contribution in [0, 0.1) is 17.0 Å². The molecule has 1 heterocycles. The van der Waals surface area contributed by atoms with Crippen LogP contribution in [0.4, 0.5) is 11.4 Å². The van der Waals surface area contributed by atoms with Crippen LogP contribution in [0.15, 0.2) is 29.6 Å². The molecular formula is C15H18N4O3S. The Balaban J connectivity index is 2.01. The lowest BCUT2D eigenvalue weighted by atomic mass is 10.2. The summed E-state index contributed by atoms with van der Waals surface area (Å²) in [4.78, 5) is 28.6. The molecule has 2 rings (SSSR count). The Labute approximate surface area is 138 Å². The van der Waals surface area contributed by atoms with Crippen LogP contribution >= 0.6 is 11.3 Å². The summed E-state index contributed by atoms with van der Waals surface area (Å²) in [5.74, 6) is -0.219. The number of aryl methyl sites for hydroxylation is 1. The third kappa shape index (κ3) is 4.26. The van der Waals surface area contributed by atoms with Crippen LogP contribution in [-0.2, 0) is 4.79 Å². The summed E-state index contributed by atoms with van der Waals surface area (Å²) in [7, 11) is 1.65. The molecule has 0 saturated carbocycles. The number of rotatable bonds is 6. The fourth-order valence-electron chi connectivity index (χ4n) is 2.18. The van der Waals surface area contributed by atoms with Gasteiger partial charge in [0.1, 0.15) is 5.69 Å². The molecule has 1 atom stereocenters. The molecule has 1 amide bonds. The fraction of sp³-hybridized carbons (Fsp3) is 0.333. The van der Waals surface area contributed by atoms with Crippen molar-refractivity contribution in [3.63, 3.8) is 0 Å². The van der Waals surface area contributed by atoms with Gasteiger partial charge in [-0.25, -0.2) is 4.98 Å². The highest BCUT2D eigenvalue weighted by atomic mass is 32.1. The van der Waals surface area contributed by atoms with Crippen LogP contribution in [0.25, 0.3) is 0 Å². The Morgan fingerprint density at radius 2 is 2.17 bits per heavy atom. The lowest BCUT2D eigenvalue weighted by molar-refractivity contribution is -0.384. The number of carbonyl (C=O) groups excluding carboxylic acids is 1. The summed E-state index contributed by atoms with van der Waals surface area (Å²) in [5, 5.41) is 16.8. The van der Waals surface area contributed by atoms with E-state index in [0.29, 0.717) is 5.69 Å². The first kappa shape index (κ1) is 16.9. The summed E-state index contributed by atoms with van der Waals surface area (Å²) in [6, 6.07) is 6.15. The molecule has 122 valence electrons. The summed E-state index contributed by atoms with van der Waals surface area (Å²) in [6.45, 7) is 3.79. The van der Waals surface area contributed by atoms with Gasteiger partial charge in [-0.15, -0.1) is 11.3 Å². The molecule has 0 saturated heterocycles. The van der Waals surface area contributed by atoms with Crippen LogP contribution in [0.5, 0.6) is 0 Å². The topological polar surface area (TPSA) is 88.4 Å². The number of para-hydroxylation sites is 2. The molecule has 0 aliphatic heterocycles. The Bertz CT molecular complexity index is 716. The van der Waals surface area contributed by atoms with Gasteiger partial charge in [0.15, 0.2) is 0 Å². The van der Waals surface area contributed by atoms with Gasteiger partial charge in [-0.05, 0) is 19.9 Å². The van der Waals surface area contributed by atoms with Crippen LogP contribution in [0.3, 0.4) is 0 Å². The molecule has 2 aromatic rings. The highest BCUT2D eigenvalue weighted by Crippen LogP contribution is 2.26. The zero-order valence-corrected chi connectivity index (χ0v) is 14.0. The lowest BCUT2D eigenvalue weighted by Crippen LogP contribution is -2.36. The van der Waals surface area contributed by atoms with E-state index in [1.54, 1.807) is 30.1 Å². The molecule has 8 heteroatoms. The van der Waals surface area contributed by atoms with E-state index in [2.05, 4.69) is 10.3 Å². The van der Waals surface area contributed by atoms with Crippen LogP contribution in [-0.4, -0.2) is 29.4 Å². The van der Waals surface area contributed by atoms with E-state index in [1.165, 1.54) is 17.4 Å². The summed E-state index contributed by atoms with van der Waals surface area (Å²) in [5.41, 5.74) is 1.20. The van der Waals surface area contributed by atoms with E-state index in [9.17, 15) is 14.9 Å². The summed E-state index contributed by atoms with van der Waals surface area (Å²) >= 11 is 1.53. The van der Waals surface area contributed by atoms with Crippen molar-refractivity contribution in [2.45, 2.75) is 19.9 Å². The average Bonchev–Trinajstić information content (AvgIpc) is 2.93. The molecule has 0 radical (unpaired) electrons. The molecule has 0 fully saturated rings. The maximum absolute atomic E-state index is 12.2. The number of anilines is 1. The number of benzene rings is 1. The van der Waals surface area contributed by atoms with Gasteiger partial charge in [0.25, 0.3) is 5.69 Å². The third-order valence-corrected chi connectivity index (χ3v) is 4.12. The quantitative estimate of drug-likeness (QED) is 0.648. The van der Waals surface area contributed by atoms with Crippen molar-refractivity contribution in [1.82, 2.24) is 10.3 Å². The van der Waals surface area contributed by atoms with Crippen molar-refractivity contribution in [3.8, 4) is 0 Å². The van der Waals surface area contributed by atoms with E-state index in [-0.39, 0.29) is 24.2 Å². The second-order valence-corrected chi connectivity index (χ2v) is 6.24. The number of nitro benzene ring substituents is 1. The second-order valence-electron chi connectivity index (χ2n) is 5.18. The molecule has 0 bridgehead atoms. The minimum atomic E-state index is -0.454. The molecule has 7 nitrogen and oxygen atoms in total. The molecule has 23 heavy (non-hydrogen) atoms. The number of likely N-dealkylation sites (N-methyl/N-ethyl adjacent to an activating group) is 1. The Morgan fingerprint density at radius 3 is 2.78 bits per heavy atom. The Kier molecular flexibility index (Phi) is 5.28. The molecule has 0 unspecified atom stereocenters. The molecule has 1 N–H and O–H groups in total. The van der Waals surface area contributed by atoms with Crippen molar-refractivity contribution in [1.29, 1.82) is 0 Å². The second kappa shape index (κ2) is 7.19. The maximum Gasteiger partial charge on any atom is 0.292 e. The van der Waals surface area contributed by atoms with Gasteiger partial charge in [-0.1, -0.05) is 12.1 Å². The lowest BCUT2D eigenvalue weighted by Gasteiger charge is -2.20. The van der Waals surface area contributed by atoms with Crippen LogP contribution in [0.1, 0.15) is 23.7 Å². The van der Waals surface area contributed by atoms with Crippen LogP contribution < -0.4 is 10.2 Å². The normalized spacial score (nSPS) is 11.8. The van der Waals surface area contributed by atoms with Gasteiger partial charge in [-0.3, -0.25) is 14.9 Å². The monoisotopic (exact) mass is 334 g/mol. The summed E-state index contributed by atoms with van der Waals surface area (Å²) in [6.07, 6.45) is 0. The van der Waals surface area contributed by atoms with Gasteiger partial charge < -0.3 is 10.2 Å². The van der Waals surface area contributed by atoms with Gasteiger partial charge in [0, 0.05) is 18.5 Å². The zero-order chi connectivity index (χ0) is 17.0. The van der Waals surface area contributed by atoms with Crippen molar-refractivity contribution in [2.75, 3.05) is 18.5 Å². The number of hydrogen-bond donors (Lipinski definition) is 1. The highest BCUT2D eigenvalue weighted by Gasteiger charge is 2.19. The van der Waals surface area contributed by atoms with Crippen molar-refractivity contribution in [3.05, 3.63) is 50.5 Å². The number of amides is 1. The first-order chi connectivity index (χ1) is 10.9. The summed E-state index contributed by atoms with van der Waals surface area (Å²) < 4.78 is 0. The van der Waals surface area contributed by atoms with Crippen molar-refractivity contribution >= 4 is 28.6 Å². The SMILES string of the molecule is Cc1nc([C@H](C)NC(=O)CN(C)c2ccccc2[N+](=O)[O-])cs1. The molecule has 0 spiro atoms. The first-order valence-corrected chi connectivity index (χ1v) is 7.92. The van der Waals surface area contributed by atoms with Gasteiger partial charge in [0.2, 0.25) is 5.91 Å². The maximum atomic E-state index is 12.2. The number of hydrogen-bond acceptors (Lipinski definition) is 6. The predicted octanol–water partition coefficient (Wildman–Crippen LogP) is 2.67. The van der Waals surface area contributed by atoms with Gasteiger partial charge in [-0.2, -0.15) is 0 Å². The first-order valence-electron chi connectivity index (χ1n) is 7.04. The highest BCUT2D eigenvalue weighted by molar-refractivity contribution is 7.09. The van der Waals surface area contributed by atoms with Crippen LogP contribution in [0.2, 0.25) is 0 Å². The van der Waals surface area contributed by atoms with Crippen molar-refractivity contribution < 1.29 is 9.72 Å². The number of nitrogens with zero attached hydrogens (tertiary/aromatic N) is 3. The van der Waals surface area contributed by atoms with Crippen molar-refractivity contribution in [2.24, 2.45) is 0 Å². The molecular weight excluding hydrogens is 316 g/mol. The predicted molar refractivity (Wildman–Crippen MR) is 89.8 cm³/mol. The Hall–Kier alpha value is -2.48. The largest absolute Gasteiger partial charge is 0.360 e. The number of nitro groups is 1. The smallest absolute Gasteiger partial charge is 0.292 e. The minimum absolute atomic E-state index is 0.0222. The fourth-order valence-corrected chi connectivity index (χ4v) is 2.89. The Morgan fingerprint density at radius 1 is 1.48 bits per heavy atom. The number of nitrogens with one attached hydrogen (secondary N) is 1. The average molecular weight is 334 g/mol. The van der Waals surface area contributed by atoms with E-state index < -0.39 is 4.92 Å². The third-order valence-electron chi connectivity index (χ3n) is 3.33. The van der Waals surface area contributed by atoms with Gasteiger partial charge >= 0.3 is 0 Å². The molecule has 0 aliphatic rings. The number of aromatic nitrogens is 1. The standard InChI is InChI=1S/C15H18N4O3S/c1-10(12-9-23-11(2)17-12)16-15(20)8-18(3)13-6-4-5-7-14(13)19(21)22/h4-7,9-10H,8H2,1-3H3,(H,16,20)/t10-/m0/s1. The zero-order valence-electron chi connectivity index (χ0n) is 13.1. The molecule has 0 aliphatic carbocycles. The van der Waals surface area contributed by atoms with Gasteiger partial charge in [0.05, 0.1) is 28.2 Å². The van der Waals surface area contributed by atoms with E-state index in [0.717, 1.165) is 10.7 Å². The molecule has 1 aromatic heterocycles. The van der Waals surface area contributed by atoms with E-state index >= 15 is 0 Å². The number of carbonyl (C=O) groups is 1.